The minimum atomic E-state index is 0.621. The number of hydrogen-bond acceptors (Lipinski definition) is 5. The SMILES string of the molecule is C=C(NOC)c1ccc(Nc2c3ccccc3nc3occc23)cc1. The molecule has 0 spiro atoms. The van der Waals surface area contributed by atoms with Gasteiger partial charge in [0.15, 0.2) is 0 Å². The minimum Gasteiger partial charge on any atom is -0.446 e. The lowest BCUT2D eigenvalue weighted by Crippen LogP contribution is -2.08. The maximum Gasteiger partial charge on any atom is 0.228 e. The maximum atomic E-state index is 5.50. The number of nitrogens with zero attached hydrogens (tertiary/aromatic N) is 1. The zero-order chi connectivity index (χ0) is 17.2. The van der Waals surface area contributed by atoms with Crippen LogP contribution in [0.2, 0.25) is 0 Å². The molecule has 4 aromatic rings. The number of rotatable bonds is 5. The van der Waals surface area contributed by atoms with Gasteiger partial charge in [0, 0.05) is 11.1 Å². The summed E-state index contributed by atoms with van der Waals surface area (Å²) in [5.74, 6) is 0. The monoisotopic (exact) mass is 331 g/mol. The van der Waals surface area contributed by atoms with Gasteiger partial charge in [-0.1, -0.05) is 36.9 Å². The van der Waals surface area contributed by atoms with Crippen LogP contribution in [0.5, 0.6) is 0 Å². The van der Waals surface area contributed by atoms with Crippen LogP contribution in [-0.2, 0) is 4.84 Å². The van der Waals surface area contributed by atoms with E-state index in [4.69, 9.17) is 9.25 Å². The van der Waals surface area contributed by atoms with Gasteiger partial charge in [-0.25, -0.2) is 4.98 Å². The lowest BCUT2D eigenvalue weighted by atomic mass is 10.1. The van der Waals surface area contributed by atoms with Crippen LogP contribution in [0.1, 0.15) is 5.56 Å². The summed E-state index contributed by atoms with van der Waals surface area (Å²) in [7, 11) is 1.56. The summed E-state index contributed by atoms with van der Waals surface area (Å²) < 4.78 is 5.50. The van der Waals surface area contributed by atoms with Crippen molar-refractivity contribution in [1.82, 2.24) is 10.5 Å². The van der Waals surface area contributed by atoms with Gasteiger partial charge in [-0.05, 0) is 29.8 Å². The molecule has 0 aliphatic heterocycles. The maximum absolute atomic E-state index is 5.50. The number of pyridine rings is 1. The van der Waals surface area contributed by atoms with Gasteiger partial charge in [-0.3, -0.25) is 10.3 Å². The van der Waals surface area contributed by atoms with Crippen LogP contribution in [0.4, 0.5) is 11.4 Å². The second-order valence-electron chi connectivity index (χ2n) is 5.63. The van der Waals surface area contributed by atoms with Crippen molar-refractivity contribution in [1.29, 1.82) is 0 Å². The lowest BCUT2D eigenvalue weighted by molar-refractivity contribution is 0.137. The van der Waals surface area contributed by atoms with Gasteiger partial charge in [0.05, 0.1) is 35.7 Å². The Labute approximate surface area is 144 Å². The van der Waals surface area contributed by atoms with E-state index in [2.05, 4.69) is 28.4 Å². The van der Waals surface area contributed by atoms with Crippen molar-refractivity contribution in [2.75, 3.05) is 12.4 Å². The third kappa shape index (κ3) is 2.81. The average molecular weight is 331 g/mol. The summed E-state index contributed by atoms with van der Waals surface area (Å²) in [5.41, 5.74) is 7.87. The lowest BCUT2D eigenvalue weighted by Gasteiger charge is -2.12. The Balaban J connectivity index is 1.74. The van der Waals surface area contributed by atoms with Crippen molar-refractivity contribution in [2.45, 2.75) is 0 Å². The predicted octanol–water partition coefficient (Wildman–Crippen LogP) is 4.85. The Morgan fingerprint density at radius 3 is 2.64 bits per heavy atom. The second-order valence-corrected chi connectivity index (χ2v) is 5.63. The molecule has 0 radical (unpaired) electrons. The number of aromatic nitrogens is 1. The number of benzene rings is 2. The quantitative estimate of drug-likeness (QED) is 0.512. The van der Waals surface area contributed by atoms with E-state index in [1.54, 1.807) is 13.4 Å². The molecule has 0 saturated carbocycles. The highest BCUT2D eigenvalue weighted by atomic mass is 16.6. The average Bonchev–Trinajstić information content (AvgIpc) is 3.10. The topological polar surface area (TPSA) is 59.3 Å². The Morgan fingerprint density at radius 2 is 1.84 bits per heavy atom. The zero-order valence-corrected chi connectivity index (χ0v) is 13.7. The van der Waals surface area contributed by atoms with Crippen molar-refractivity contribution in [3.8, 4) is 0 Å². The van der Waals surface area contributed by atoms with Crippen molar-refractivity contribution in [3.05, 3.63) is 73.0 Å². The molecule has 0 aliphatic carbocycles. The molecule has 2 aromatic heterocycles. The predicted molar refractivity (Wildman–Crippen MR) is 100 cm³/mol. The molecule has 5 heteroatoms. The minimum absolute atomic E-state index is 0.621. The molecular weight excluding hydrogens is 314 g/mol. The number of furan rings is 1. The van der Waals surface area contributed by atoms with E-state index < -0.39 is 0 Å². The third-order valence-electron chi connectivity index (χ3n) is 4.04. The van der Waals surface area contributed by atoms with Crippen molar-refractivity contribution in [3.63, 3.8) is 0 Å². The molecule has 2 heterocycles. The fourth-order valence-electron chi connectivity index (χ4n) is 2.83. The van der Waals surface area contributed by atoms with Gasteiger partial charge in [-0.15, -0.1) is 0 Å². The number of para-hydroxylation sites is 1. The van der Waals surface area contributed by atoms with E-state index >= 15 is 0 Å². The van der Waals surface area contributed by atoms with E-state index in [-0.39, 0.29) is 0 Å². The Hall–Kier alpha value is -3.31. The first-order chi connectivity index (χ1) is 12.3. The van der Waals surface area contributed by atoms with Gasteiger partial charge in [0.25, 0.3) is 0 Å². The summed E-state index contributed by atoms with van der Waals surface area (Å²) >= 11 is 0. The van der Waals surface area contributed by atoms with Gasteiger partial charge < -0.3 is 9.73 Å². The van der Waals surface area contributed by atoms with Crippen molar-refractivity contribution in [2.24, 2.45) is 0 Å². The van der Waals surface area contributed by atoms with Crippen LogP contribution < -0.4 is 10.8 Å². The third-order valence-corrected chi connectivity index (χ3v) is 4.04. The fraction of sp³-hybridized carbons (Fsp3) is 0.0500. The highest BCUT2D eigenvalue weighted by molar-refractivity contribution is 6.07. The molecule has 2 aromatic carbocycles. The van der Waals surface area contributed by atoms with Crippen LogP contribution >= 0.6 is 0 Å². The molecule has 5 nitrogen and oxygen atoms in total. The normalized spacial score (nSPS) is 10.9. The van der Waals surface area contributed by atoms with Crippen LogP contribution in [0.3, 0.4) is 0 Å². The molecule has 4 rings (SSSR count). The molecule has 25 heavy (non-hydrogen) atoms. The van der Waals surface area contributed by atoms with Gasteiger partial charge in [-0.2, -0.15) is 0 Å². The summed E-state index contributed by atoms with van der Waals surface area (Å²) in [4.78, 5) is 9.45. The standard InChI is InChI=1S/C20H17N3O2/c1-13(23-24-2)14-7-9-15(10-8-14)21-19-16-5-3-4-6-18(16)22-20-17(19)11-12-25-20/h3-12,23H,1H2,2H3,(H,21,22). The van der Waals surface area contributed by atoms with Gasteiger partial charge in [0.1, 0.15) is 0 Å². The summed E-state index contributed by atoms with van der Waals surface area (Å²) in [6.45, 7) is 3.93. The molecule has 0 amide bonds. The molecule has 0 aliphatic rings. The molecule has 2 N–H and O–H groups in total. The van der Waals surface area contributed by atoms with Gasteiger partial charge >= 0.3 is 0 Å². The van der Waals surface area contributed by atoms with E-state index in [1.165, 1.54) is 0 Å². The molecule has 124 valence electrons. The van der Waals surface area contributed by atoms with E-state index in [1.807, 2.05) is 48.5 Å². The largest absolute Gasteiger partial charge is 0.446 e. The number of hydrogen-bond donors (Lipinski definition) is 2. The van der Waals surface area contributed by atoms with Crippen LogP contribution in [-0.4, -0.2) is 12.1 Å². The number of fused-ring (bicyclic) bond motifs is 2. The van der Waals surface area contributed by atoms with E-state index in [0.29, 0.717) is 11.4 Å². The smallest absolute Gasteiger partial charge is 0.228 e. The molecule has 0 fully saturated rings. The Bertz CT molecular complexity index is 1050. The van der Waals surface area contributed by atoms with Crippen LogP contribution in [0, 0.1) is 0 Å². The highest BCUT2D eigenvalue weighted by Crippen LogP contribution is 2.33. The van der Waals surface area contributed by atoms with Crippen molar-refractivity contribution < 1.29 is 9.25 Å². The first-order valence-corrected chi connectivity index (χ1v) is 7.87. The Kier molecular flexibility index (Phi) is 3.84. The fourth-order valence-corrected chi connectivity index (χ4v) is 2.83. The van der Waals surface area contributed by atoms with Crippen molar-refractivity contribution >= 4 is 39.1 Å². The molecular formula is C20H17N3O2. The Morgan fingerprint density at radius 1 is 1.04 bits per heavy atom. The van der Waals surface area contributed by atoms with Gasteiger partial charge in [0.2, 0.25) is 5.71 Å². The molecule has 0 bridgehead atoms. The van der Waals surface area contributed by atoms with Crippen LogP contribution in [0.15, 0.2) is 71.9 Å². The zero-order valence-electron chi connectivity index (χ0n) is 13.7. The first kappa shape index (κ1) is 15.2. The number of nitrogens with one attached hydrogen (secondary N) is 2. The number of anilines is 2. The molecule has 0 saturated heterocycles. The second kappa shape index (κ2) is 6.30. The molecule has 0 atom stereocenters. The number of hydroxylamine groups is 1. The van der Waals surface area contributed by atoms with E-state index in [0.717, 1.165) is 33.2 Å². The van der Waals surface area contributed by atoms with E-state index in [9.17, 15) is 0 Å². The summed E-state index contributed by atoms with van der Waals surface area (Å²) in [6, 6.07) is 17.9. The van der Waals surface area contributed by atoms with Crippen LogP contribution in [0.25, 0.3) is 27.7 Å². The summed E-state index contributed by atoms with van der Waals surface area (Å²) in [5, 5.41) is 5.49. The summed E-state index contributed by atoms with van der Waals surface area (Å²) in [6.07, 6.45) is 1.66. The highest BCUT2D eigenvalue weighted by Gasteiger charge is 2.11. The molecule has 0 unspecified atom stereocenters. The first-order valence-electron chi connectivity index (χ1n) is 7.87.